The Kier molecular flexibility index (Phi) is 2.03. The Balaban J connectivity index is 3.39. The van der Waals surface area contributed by atoms with Crippen LogP contribution in [0, 0.1) is 6.92 Å². The van der Waals surface area contributed by atoms with Crippen molar-refractivity contribution in [2.75, 3.05) is 5.73 Å². The number of aromatic nitrogens is 1. The highest BCUT2D eigenvalue weighted by Crippen LogP contribution is 2.13. The van der Waals surface area contributed by atoms with E-state index in [0.29, 0.717) is 0 Å². The number of hydrogen-bond donors (Lipinski definition) is 2. The van der Waals surface area contributed by atoms with Crippen molar-refractivity contribution in [2.24, 2.45) is 5.14 Å². The van der Waals surface area contributed by atoms with E-state index < -0.39 is 10.0 Å². The number of rotatable bonds is 1. The molecule has 0 bridgehead atoms. The largest absolute Gasteiger partial charge is 0.396 e. The van der Waals surface area contributed by atoms with E-state index in [1.54, 1.807) is 6.92 Å². The van der Waals surface area contributed by atoms with Gasteiger partial charge in [0.25, 0.3) is 10.0 Å². The average Bonchev–Trinajstić information content (AvgIpc) is 1.83. The zero-order valence-corrected chi connectivity index (χ0v) is 7.30. The first kappa shape index (κ1) is 8.95. The maximum Gasteiger partial charge on any atom is 0.257 e. The Bertz CT molecular complexity index is 399. The summed E-state index contributed by atoms with van der Waals surface area (Å²) in [5.41, 5.74) is 6.26. The fraction of sp³-hybridized carbons (Fsp3) is 0.167. The molecule has 0 aliphatic heterocycles. The summed E-state index contributed by atoms with van der Waals surface area (Å²) in [6.07, 6.45) is 1.40. The highest BCUT2D eigenvalue weighted by Gasteiger charge is 2.12. The van der Waals surface area contributed by atoms with E-state index in [0.717, 1.165) is 5.56 Å². The first-order valence-electron chi connectivity index (χ1n) is 3.16. The predicted molar refractivity (Wildman–Crippen MR) is 44.8 cm³/mol. The number of primary sulfonamides is 1. The third-order valence-corrected chi connectivity index (χ3v) is 2.17. The van der Waals surface area contributed by atoms with Crippen LogP contribution in [0.5, 0.6) is 0 Å². The normalized spacial score (nSPS) is 11.5. The quantitative estimate of drug-likeness (QED) is 0.626. The second-order valence-corrected chi connectivity index (χ2v) is 3.93. The molecule has 66 valence electrons. The third kappa shape index (κ3) is 1.72. The van der Waals surface area contributed by atoms with Crippen molar-refractivity contribution in [3.63, 3.8) is 0 Å². The van der Waals surface area contributed by atoms with Crippen molar-refractivity contribution in [3.8, 4) is 0 Å². The van der Waals surface area contributed by atoms with Gasteiger partial charge >= 0.3 is 0 Å². The molecular weight excluding hydrogens is 178 g/mol. The van der Waals surface area contributed by atoms with Gasteiger partial charge in [-0.1, -0.05) is 0 Å². The van der Waals surface area contributed by atoms with E-state index >= 15 is 0 Å². The van der Waals surface area contributed by atoms with Gasteiger partial charge in [0.05, 0.1) is 5.69 Å². The molecular formula is C6H9N3O2S. The molecule has 1 aromatic rings. The van der Waals surface area contributed by atoms with Gasteiger partial charge in [-0.3, -0.25) is 0 Å². The molecule has 1 rings (SSSR count). The highest BCUT2D eigenvalue weighted by molar-refractivity contribution is 7.89. The fourth-order valence-corrected chi connectivity index (χ4v) is 1.40. The van der Waals surface area contributed by atoms with Gasteiger partial charge in [-0.25, -0.2) is 18.5 Å². The van der Waals surface area contributed by atoms with E-state index in [1.807, 2.05) is 0 Å². The Morgan fingerprint density at radius 1 is 1.50 bits per heavy atom. The topological polar surface area (TPSA) is 99.1 Å². The maximum absolute atomic E-state index is 10.8. The molecule has 1 heterocycles. The fourth-order valence-electron chi connectivity index (χ4n) is 0.817. The minimum absolute atomic E-state index is 0.0810. The maximum atomic E-state index is 10.8. The molecule has 0 spiro atoms. The number of nitrogen functional groups attached to an aromatic ring is 1. The number of hydrogen-bond acceptors (Lipinski definition) is 4. The summed E-state index contributed by atoms with van der Waals surface area (Å²) < 4.78 is 21.6. The van der Waals surface area contributed by atoms with Gasteiger partial charge in [0.15, 0.2) is 5.03 Å². The molecule has 0 saturated heterocycles. The van der Waals surface area contributed by atoms with Crippen LogP contribution in [0.2, 0.25) is 0 Å². The van der Waals surface area contributed by atoms with Crippen LogP contribution in [0.4, 0.5) is 5.69 Å². The lowest BCUT2D eigenvalue weighted by atomic mass is 10.3. The van der Waals surface area contributed by atoms with Crippen molar-refractivity contribution in [3.05, 3.63) is 17.8 Å². The zero-order chi connectivity index (χ0) is 9.35. The Labute approximate surface area is 70.5 Å². The Morgan fingerprint density at radius 2 is 2.08 bits per heavy atom. The summed E-state index contributed by atoms with van der Waals surface area (Å²) in [5.74, 6) is 0. The summed E-state index contributed by atoms with van der Waals surface area (Å²) in [4.78, 5) is 3.61. The molecule has 0 radical (unpaired) electrons. The van der Waals surface area contributed by atoms with Crippen LogP contribution in [-0.4, -0.2) is 13.4 Å². The summed E-state index contributed by atoms with van der Waals surface area (Å²) in [6, 6.07) is 1.51. The molecule has 0 unspecified atom stereocenters. The summed E-state index contributed by atoms with van der Waals surface area (Å²) in [6.45, 7) is 1.76. The summed E-state index contributed by atoms with van der Waals surface area (Å²) in [5, 5.41) is 4.57. The number of sulfonamides is 1. The van der Waals surface area contributed by atoms with Gasteiger partial charge in [-0.05, 0) is 18.6 Å². The molecule has 6 heteroatoms. The monoisotopic (exact) mass is 187 g/mol. The summed E-state index contributed by atoms with van der Waals surface area (Å²) >= 11 is 0. The molecule has 0 saturated carbocycles. The SMILES string of the molecule is Cc1cnc(S(N)(=O)=O)c(N)c1. The van der Waals surface area contributed by atoms with Crippen LogP contribution in [0.15, 0.2) is 17.3 Å². The van der Waals surface area contributed by atoms with Crippen molar-refractivity contribution in [1.29, 1.82) is 0 Å². The first-order valence-corrected chi connectivity index (χ1v) is 4.71. The smallest absolute Gasteiger partial charge is 0.257 e. The standard InChI is InChI=1S/C6H9N3O2S/c1-4-2-5(7)6(9-3-4)12(8,10)11/h2-3H,7H2,1H3,(H2,8,10,11). The lowest BCUT2D eigenvalue weighted by Crippen LogP contribution is -2.16. The van der Waals surface area contributed by atoms with Gasteiger partial charge < -0.3 is 5.73 Å². The highest BCUT2D eigenvalue weighted by atomic mass is 32.2. The molecule has 12 heavy (non-hydrogen) atoms. The predicted octanol–water partition coefficient (Wildman–Crippen LogP) is -0.380. The number of nitrogens with zero attached hydrogens (tertiary/aromatic N) is 1. The van der Waals surface area contributed by atoms with Crippen LogP contribution in [0.1, 0.15) is 5.56 Å². The van der Waals surface area contributed by atoms with E-state index in [2.05, 4.69) is 4.98 Å². The van der Waals surface area contributed by atoms with Gasteiger partial charge in [-0.2, -0.15) is 0 Å². The second kappa shape index (κ2) is 2.72. The van der Waals surface area contributed by atoms with Gasteiger partial charge in [0.1, 0.15) is 0 Å². The molecule has 4 N–H and O–H groups in total. The van der Waals surface area contributed by atoms with E-state index in [1.165, 1.54) is 12.3 Å². The van der Waals surface area contributed by atoms with Crippen LogP contribution < -0.4 is 10.9 Å². The molecule has 0 atom stereocenters. The van der Waals surface area contributed by atoms with Crippen molar-refractivity contribution >= 4 is 15.7 Å². The minimum atomic E-state index is -3.79. The van der Waals surface area contributed by atoms with E-state index in [-0.39, 0.29) is 10.7 Å². The van der Waals surface area contributed by atoms with E-state index in [9.17, 15) is 8.42 Å². The number of pyridine rings is 1. The van der Waals surface area contributed by atoms with Crippen molar-refractivity contribution in [1.82, 2.24) is 4.98 Å². The third-order valence-electron chi connectivity index (χ3n) is 1.29. The lowest BCUT2D eigenvalue weighted by Gasteiger charge is -2.01. The number of anilines is 1. The van der Waals surface area contributed by atoms with Gasteiger partial charge in [0.2, 0.25) is 0 Å². The summed E-state index contributed by atoms with van der Waals surface area (Å²) in [7, 11) is -3.79. The van der Waals surface area contributed by atoms with Crippen molar-refractivity contribution in [2.45, 2.75) is 11.9 Å². The first-order chi connectivity index (χ1) is 5.41. The molecule has 0 aliphatic rings. The van der Waals surface area contributed by atoms with Gasteiger partial charge in [0, 0.05) is 6.20 Å². The zero-order valence-electron chi connectivity index (χ0n) is 6.48. The van der Waals surface area contributed by atoms with E-state index in [4.69, 9.17) is 10.9 Å². The van der Waals surface area contributed by atoms with Crippen molar-refractivity contribution < 1.29 is 8.42 Å². The molecule has 0 amide bonds. The molecule has 5 nitrogen and oxygen atoms in total. The number of aryl methyl sites for hydroxylation is 1. The van der Waals surface area contributed by atoms with Crippen LogP contribution in [0.25, 0.3) is 0 Å². The molecule has 1 aromatic heterocycles. The minimum Gasteiger partial charge on any atom is -0.396 e. The second-order valence-electron chi connectivity index (χ2n) is 2.45. The van der Waals surface area contributed by atoms with Crippen LogP contribution in [-0.2, 0) is 10.0 Å². The molecule has 0 aromatic carbocycles. The molecule has 0 fully saturated rings. The van der Waals surface area contributed by atoms with Crippen LogP contribution in [0.3, 0.4) is 0 Å². The molecule has 0 aliphatic carbocycles. The average molecular weight is 187 g/mol. The Morgan fingerprint density at radius 3 is 2.50 bits per heavy atom. The number of nitrogens with two attached hydrogens (primary N) is 2. The Hall–Kier alpha value is -1.14. The van der Waals surface area contributed by atoms with Gasteiger partial charge in [-0.15, -0.1) is 0 Å². The van der Waals surface area contributed by atoms with Crippen LogP contribution >= 0.6 is 0 Å². The lowest BCUT2D eigenvalue weighted by molar-refractivity contribution is 0.594.